The van der Waals surface area contributed by atoms with Gasteiger partial charge in [0.25, 0.3) is 0 Å². The van der Waals surface area contributed by atoms with Crippen LogP contribution < -0.4 is 0 Å². The van der Waals surface area contributed by atoms with Gasteiger partial charge >= 0.3 is 26.2 Å². The van der Waals surface area contributed by atoms with Crippen molar-refractivity contribution in [3.05, 3.63) is 66.8 Å². The van der Waals surface area contributed by atoms with Crippen LogP contribution in [0.1, 0.15) is 6.42 Å². The first-order chi connectivity index (χ1) is 6.97. The number of hydrogen-bond acceptors (Lipinski definition) is 0. The summed E-state index contributed by atoms with van der Waals surface area (Å²) in [6.07, 6.45) is 10.0. The van der Waals surface area contributed by atoms with Crippen LogP contribution >= 0.6 is 0 Å². The molecule has 0 fully saturated rings. The molecule has 2 aromatic rings. The molecule has 0 bridgehead atoms. The summed E-state index contributed by atoms with van der Waals surface area (Å²) >= 11 is 0. The summed E-state index contributed by atoms with van der Waals surface area (Å²) in [7, 11) is 0. The van der Waals surface area contributed by atoms with Gasteiger partial charge in [-0.2, -0.15) is 23.6 Å². The Labute approximate surface area is 110 Å². The van der Waals surface area contributed by atoms with E-state index in [0.29, 0.717) is 0 Å². The standard InChI is InChI=1S/C9H7.C5H5.Zr/c1-2-5-9-7-3-6-8(9)4-1;1-2-4-5-3-1;/h1-7H;1-3H,4H2;/q2*-1;+2. The van der Waals surface area contributed by atoms with Gasteiger partial charge in [0.1, 0.15) is 0 Å². The molecule has 1 aliphatic carbocycles. The van der Waals surface area contributed by atoms with Gasteiger partial charge in [-0.15, -0.1) is 36.1 Å². The maximum Gasteiger partial charge on any atom is 2.00 e. The Morgan fingerprint density at radius 1 is 1.13 bits per heavy atom. The van der Waals surface area contributed by atoms with E-state index in [9.17, 15) is 0 Å². The molecule has 0 unspecified atom stereocenters. The van der Waals surface area contributed by atoms with Crippen molar-refractivity contribution in [2.24, 2.45) is 0 Å². The van der Waals surface area contributed by atoms with Crippen molar-refractivity contribution in [2.45, 2.75) is 6.42 Å². The van der Waals surface area contributed by atoms with Crippen LogP contribution in [0.15, 0.2) is 60.7 Å². The quantitative estimate of drug-likeness (QED) is 0.638. The largest absolute Gasteiger partial charge is 2.00 e. The Morgan fingerprint density at radius 2 is 2.00 bits per heavy atom. The normalized spacial score (nSPS) is 12.0. The third-order valence-corrected chi connectivity index (χ3v) is 2.13. The second kappa shape index (κ2) is 6.64. The van der Waals surface area contributed by atoms with E-state index >= 15 is 0 Å². The van der Waals surface area contributed by atoms with Crippen molar-refractivity contribution >= 4 is 10.8 Å². The van der Waals surface area contributed by atoms with Gasteiger partial charge in [-0.3, -0.25) is 6.08 Å². The fourth-order valence-electron chi connectivity index (χ4n) is 1.41. The second-order valence-corrected chi connectivity index (χ2v) is 3.16. The van der Waals surface area contributed by atoms with Crippen LogP contribution in [-0.4, -0.2) is 0 Å². The molecule has 0 atom stereocenters. The molecule has 0 aromatic heterocycles. The van der Waals surface area contributed by atoms with Crippen LogP contribution in [-0.2, 0) is 26.2 Å². The zero-order valence-corrected chi connectivity index (χ0v) is 10.9. The van der Waals surface area contributed by atoms with Gasteiger partial charge in [0.2, 0.25) is 0 Å². The molecule has 2 aromatic carbocycles. The molecule has 0 heterocycles. The van der Waals surface area contributed by atoms with E-state index in [1.165, 1.54) is 10.8 Å². The number of fused-ring (bicyclic) bond motifs is 1. The minimum Gasteiger partial charge on any atom is -0.273 e. The van der Waals surface area contributed by atoms with E-state index in [1.807, 2.05) is 12.2 Å². The zero-order chi connectivity index (χ0) is 9.64. The van der Waals surface area contributed by atoms with Gasteiger partial charge in [-0.05, 0) is 0 Å². The van der Waals surface area contributed by atoms with E-state index in [4.69, 9.17) is 0 Å². The number of allylic oxidation sites excluding steroid dienone is 4. The zero-order valence-electron chi connectivity index (χ0n) is 8.48. The van der Waals surface area contributed by atoms with E-state index in [0.717, 1.165) is 6.42 Å². The molecule has 0 radical (unpaired) electrons. The Balaban J connectivity index is 0.000000162. The van der Waals surface area contributed by atoms with Gasteiger partial charge in [-0.25, -0.2) is 12.2 Å². The number of hydrogen-bond donors (Lipinski definition) is 0. The smallest absolute Gasteiger partial charge is 0.273 e. The molecule has 72 valence electrons. The summed E-state index contributed by atoms with van der Waals surface area (Å²) < 4.78 is 0. The van der Waals surface area contributed by atoms with Crippen molar-refractivity contribution in [1.29, 1.82) is 0 Å². The summed E-state index contributed by atoms with van der Waals surface area (Å²) in [5, 5.41) is 2.66. The average Bonchev–Trinajstić information content (AvgIpc) is 2.92. The fraction of sp³-hybridized carbons (Fsp3) is 0.0714. The first-order valence-corrected chi connectivity index (χ1v) is 4.79. The van der Waals surface area contributed by atoms with E-state index in [1.54, 1.807) is 0 Å². The monoisotopic (exact) mass is 270 g/mol. The van der Waals surface area contributed by atoms with E-state index < -0.39 is 0 Å². The van der Waals surface area contributed by atoms with Gasteiger partial charge in [0.05, 0.1) is 0 Å². The number of rotatable bonds is 0. The molecule has 0 spiro atoms. The molecule has 15 heavy (non-hydrogen) atoms. The van der Waals surface area contributed by atoms with Crippen molar-refractivity contribution in [2.75, 3.05) is 0 Å². The van der Waals surface area contributed by atoms with Crippen LogP contribution in [0.2, 0.25) is 0 Å². The first-order valence-electron chi connectivity index (χ1n) is 4.79. The third kappa shape index (κ3) is 3.68. The molecule has 0 N–H and O–H groups in total. The van der Waals surface area contributed by atoms with Crippen molar-refractivity contribution < 1.29 is 26.2 Å². The Kier molecular flexibility index (Phi) is 5.42. The minimum atomic E-state index is 0. The molecule has 1 aliphatic rings. The van der Waals surface area contributed by atoms with E-state index in [2.05, 4.69) is 54.6 Å². The maximum atomic E-state index is 2.99. The molecule has 1 heteroatoms. The molecule has 0 saturated carbocycles. The van der Waals surface area contributed by atoms with Crippen LogP contribution in [0.4, 0.5) is 0 Å². The topological polar surface area (TPSA) is 0 Å². The summed E-state index contributed by atoms with van der Waals surface area (Å²) in [6.45, 7) is 0. The van der Waals surface area contributed by atoms with Crippen LogP contribution in [0.5, 0.6) is 0 Å². The van der Waals surface area contributed by atoms with Gasteiger partial charge in [-0.1, -0.05) is 6.07 Å². The summed E-state index contributed by atoms with van der Waals surface area (Å²) in [4.78, 5) is 0. The average molecular weight is 271 g/mol. The van der Waals surface area contributed by atoms with Gasteiger partial charge in [0, 0.05) is 0 Å². The Bertz CT molecular complexity index is 409. The summed E-state index contributed by atoms with van der Waals surface area (Å²) in [5.41, 5.74) is 0. The fourth-order valence-corrected chi connectivity index (χ4v) is 1.41. The second-order valence-electron chi connectivity index (χ2n) is 3.16. The number of benzene rings is 1. The van der Waals surface area contributed by atoms with Gasteiger partial charge < -0.3 is 0 Å². The van der Waals surface area contributed by atoms with Crippen molar-refractivity contribution in [3.63, 3.8) is 0 Å². The molecule has 0 amide bonds. The summed E-state index contributed by atoms with van der Waals surface area (Å²) in [6, 6.07) is 14.7. The molecule has 0 nitrogen and oxygen atoms in total. The van der Waals surface area contributed by atoms with Crippen molar-refractivity contribution in [1.82, 2.24) is 0 Å². The predicted molar refractivity (Wildman–Crippen MR) is 61.1 cm³/mol. The van der Waals surface area contributed by atoms with Gasteiger partial charge in [0.15, 0.2) is 0 Å². The molecule has 3 rings (SSSR count). The molecular formula is C14H12Zr. The molecule has 0 saturated heterocycles. The Hall–Kier alpha value is -0.807. The minimum absolute atomic E-state index is 0. The maximum absolute atomic E-state index is 2.99. The van der Waals surface area contributed by atoms with Crippen LogP contribution in [0, 0.1) is 6.08 Å². The van der Waals surface area contributed by atoms with E-state index in [-0.39, 0.29) is 26.2 Å². The summed E-state index contributed by atoms with van der Waals surface area (Å²) in [5.74, 6) is 0. The SMILES string of the molecule is [C-]1=CC=CC1.[Zr+2].c1ccc2[cH-]ccc2c1. The van der Waals surface area contributed by atoms with Crippen molar-refractivity contribution in [3.8, 4) is 0 Å². The van der Waals surface area contributed by atoms with Crippen LogP contribution in [0.3, 0.4) is 0 Å². The first kappa shape index (κ1) is 12.3. The third-order valence-electron chi connectivity index (χ3n) is 2.13. The Morgan fingerprint density at radius 3 is 2.60 bits per heavy atom. The molecular weight excluding hydrogens is 259 g/mol. The molecule has 0 aliphatic heterocycles. The predicted octanol–water partition coefficient (Wildman–Crippen LogP) is 3.86. The van der Waals surface area contributed by atoms with Crippen LogP contribution in [0.25, 0.3) is 10.8 Å².